The van der Waals surface area contributed by atoms with E-state index in [2.05, 4.69) is 9.47 Å². The van der Waals surface area contributed by atoms with Crippen LogP contribution in [0.3, 0.4) is 0 Å². The Morgan fingerprint density at radius 2 is 1.22 bits per heavy atom. The fourth-order valence-electron chi connectivity index (χ4n) is 1.95. The van der Waals surface area contributed by atoms with Crippen LogP contribution >= 0.6 is 0 Å². The molecule has 0 aromatic rings. The summed E-state index contributed by atoms with van der Waals surface area (Å²) in [4.78, 5) is 0. The first kappa shape index (κ1) is 22.6. The maximum atomic E-state index is 13.1. The van der Waals surface area contributed by atoms with Crippen molar-refractivity contribution in [1.29, 1.82) is 0 Å². The number of rotatable bonds is 10. The largest absolute Gasteiger partial charge is 0.500 e. The number of hydrogen-bond donors (Lipinski definition) is 0. The molecule has 0 aromatic heterocycles. The van der Waals surface area contributed by atoms with Crippen LogP contribution in [-0.2, 0) is 22.8 Å². The van der Waals surface area contributed by atoms with Crippen LogP contribution in [0, 0.1) is 0 Å². The number of halogens is 6. The molecule has 0 atom stereocenters. The molecule has 0 fully saturated rings. The smallest absolute Gasteiger partial charge is 0.377 e. The van der Waals surface area contributed by atoms with Crippen LogP contribution < -0.4 is 0 Å². The third-order valence-electron chi connectivity index (χ3n) is 3.28. The highest BCUT2D eigenvalue weighted by Crippen LogP contribution is 2.49. The van der Waals surface area contributed by atoms with Crippen molar-refractivity contribution in [3.63, 3.8) is 0 Å². The van der Waals surface area contributed by atoms with Gasteiger partial charge in [-0.25, -0.2) is 0 Å². The molecule has 0 aliphatic carbocycles. The zero-order valence-electron chi connectivity index (χ0n) is 13.1. The zero-order chi connectivity index (χ0) is 18.4. The summed E-state index contributed by atoms with van der Waals surface area (Å²) in [6.45, 7) is -1.15. The maximum absolute atomic E-state index is 13.1. The van der Waals surface area contributed by atoms with Crippen LogP contribution in [0.5, 0.6) is 0 Å². The van der Waals surface area contributed by atoms with Crippen LogP contribution in [0.15, 0.2) is 0 Å². The van der Waals surface area contributed by atoms with E-state index in [9.17, 15) is 26.3 Å². The van der Waals surface area contributed by atoms with Gasteiger partial charge in [-0.3, -0.25) is 0 Å². The second-order valence-electron chi connectivity index (χ2n) is 4.52. The highest BCUT2D eigenvalue weighted by atomic mass is 28.4. The Morgan fingerprint density at radius 3 is 1.52 bits per heavy atom. The number of hydrogen-bond acceptors (Lipinski definition) is 5. The van der Waals surface area contributed by atoms with E-state index in [1.807, 2.05) is 0 Å². The molecular weight excluding hydrogens is 354 g/mol. The second kappa shape index (κ2) is 8.62. The monoisotopic (exact) mass is 374 g/mol. The Morgan fingerprint density at radius 1 is 0.783 bits per heavy atom. The standard InChI is InChI=1S/C11H20F6O5Si/c1-18-8-22-9(10(12,13)14,11(15,16)17)6-5-7-23(19-2,20-3)21-4/h5-8H2,1-4H3. The van der Waals surface area contributed by atoms with Crippen molar-refractivity contribution in [2.24, 2.45) is 0 Å². The third-order valence-corrected chi connectivity index (χ3v) is 6.12. The van der Waals surface area contributed by atoms with Gasteiger partial charge in [0.15, 0.2) is 0 Å². The molecule has 0 N–H and O–H groups in total. The molecule has 0 unspecified atom stereocenters. The van der Waals surface area contributed by atoms with Crippen molar-refractivity contribution < 1.29 is 49.1 Å². The fraction of sp³-hybridized carbons (Fsp3) is 1.00. The Bertz CT molecular complexity index is 323. The molecule has 23 heavy (non-hydrogen) atoms. The summed E-state index contributed by atoms with van der Waals surface area (Å²) in [5, 5.41) is 0. The average Bonchev–Trinajstić information content (AvgIpc) is 2.45. The van der Waals surface area contributed by atoms with E-state index in [0.29, 0.717) is 0 Å². The lowest BCUT2D eigenvalue weighted by atomic mass is 9.96. The highest BCUT2D eigenvalue weighted by molar-refractivity contribution is 6.60. The minimum absolute atomic E-state index is 0.235. The lowest BCUT2D eigenvalue weighted by Gasteiger charge is -2.37. The van der Waals surface area contributed by atoms with E-state index in [1.54, 1.807) is 0 Å². The van der Waals surface area contributed by atoms with Gasteiger partial charge in [-0.2, -0.15) is 26.3 Å². The van der Waals surface area contributed by atoms with Crippen molar-refractivity contribution in [2.75, 3.05) is 35.2 Å². The summed E-state index contributed by atoms with van der Waals surface area (Å²) in [5.74, 6) is 0. The summed E-state index contributed by atoms with van der Waals surface area (Å²) in [7, 11) is 1.27. The molecule has 0 amide bonds. The van der Waals surface area contributed by atoms with Gasteiger partial charge < -0.3 is 22.8 Å². The molecule has 0 radical (unpaired) electrons. The molecule has 0 bridgehead atoms. The predicted octanol–water partition coefficient (Wildman–Crippen LogP) is 3.13. The molecule has 0 aliphatic heterocycles. The van der Waals surface area contributed by atoms with Crippen LogP contribution in [0.2, 0.25) is 6.04 Å². The van der Waals surface area contributed by atoms with Gasteiger partial charge >= 0.3 is 21.2 Å². The van der Waals surface area contributed by atoms with Crippen molar-refractivity contribution in [3.05, 3.63) is 0 Å². The zero-order valence-corrected chi connectivity index (χ0v) is 14.1. The summed E-state index contributed by atoms with van der Waals surface area (Å²) in [6, 6.07) is -0.235. The topological polar surface area (TPSA) is 46.2 Å². The first-order valence-electron chi connectivity index (χ1n) is 6.37. The van der Waals surface area contributed by atoms with Gasteiger partial charge in [0.1, 0.15) is 6.79 Å². The molecule has 0 aliphatic rings. The van der Waals surface area contributed by atoms with E-state index >= 15 is 0 Å². The quantitative estimate of drug-likeness (QED) is 0.334. The van der Waals surface area contributed by atoms with Gasteiger partial charge in [-0.05, 0) is 12.8 Å². The Kier molecular flexibility index (Phi) is 8.47. The summed E-state index contributed by atoms with van der Waals surface area (Å²) in [5.41, 5.74) is -4.33. The molecule has 5 nitrogen and oxygen atoms in total. The summed E-state index contributed by atoms with van der Waals surface area (Å²) >= 11 is 0. The van der Waals surface area contributed by atoms with Crippen molar-refractivity contribution in [1.82, 2.24) is 0 Å². The third kappa shape index (κ3) is 5.29. The first-order valence-corrected chi connectivity index (χ1v) is 8.30. The minimum atomic E-state index is -5.67. The minimum Gasteiger partial charge on any atom is -0.377 e. The fourth-order valence-corrected chi connectivity index (χ4v) is 3.67. The first-order chi connectivity index (χ1) is 10.4. The van der Waals surface area contributed by atoms with E-state index in [0.717, 1.165) is 7.11 Å². The normalized spacial score (nSPS) is 14.3. The lowest BCUT2D eigenvalue weighted by Crippen LogP contribution is -2.59. The number of alkyl halides is 6. The molecule has 0 rings (SSSR count). The van der Waals surface area contributed by atoms with E-state index in [-0.39, 0.29) is 6.04 Å². The van der Waals surface area contributed by atoms with E-state index in [4.69, 9.17) is 13.3 Å². The molecule has 140 valence electrons. The maximum Gasteiger partial charge on any atom is 0.500 e. The van der Waals surface area contributed by atoms with Gasteiger partial charge in [0.2, 0.25) is 0 Å². The summed E-state index contributed by atoms with van der Waals surface area (Å²) in [6.07, 6.45) is -13.2. The van der Waals surface area contributed by atoms with Gasteiger partial charge in [-0.15, -0.1) is 0 Å². The van der Waals surface area contributed by atoms with Crippen LogP contribution in [-0.4, -0.2) is 62.0 Å². The van der Waals surface area contributed by atoms with Crippen molar-refractivity contribution in [2.45, 2.75) is 36.8 Å². The van der Waals surface area contributed by atoms with Gasteiger partial charge in [0.05, 0.1) is 0 Å². The molecule has 0 saturated heterocycles. The predicted molar refractivity (Wildman–Crippen MR) is 68.6 cm³/mol. The highest BCUT2D eigenvalue weighted by Gasteiger charge is 2.72. The average molecular weight is 374 g/mol. The second-order valence-corrected chi connectivity index (χ2v) is 7.61. The Balaban J connectivity index is 5.32. The molecule has 0 aromatic carbocycles. The van der Waals surface area contributed by atoms with E-state index in [1.165, 1.54) is 21.3 Å². The van der Waals surface area contributed by atoms with E-state index < -0.39 is 46.4 Å². The van der Waals surface area contributed by atoms with Gasteiger partial charge in [0.25, 0.3) is 5.60 Å². The van der Waals surface area contributed by atoms with Crippen molar-refractivity contribution in [3.8, 4) is 0 Å². The molecule has 0 heterocycles. The Hall–Kier alpha value is -0.403. The molecular formula is C11H20F6O5Si. The lowest BCUT2D eigenvalue weighted by molar-refractivity contribution is -0.394. The number of ether oxygens (including phenoxy) is 2. The summed E-state index contributed by atoms with van der Waals surface area (Å²) < 4.78 is 102. The number of methoxy groups -OCH3 is 1. The van der Waals surface area contributed by atoms with Gasteiger partial charge in [0, 0.05) is 34.5 Å². The Labute approximate surface area is 131 Å². The SMILES string of the molecule is COCOC(CCC[Si](OC)(OC)OC)(C(F)(F)F)C(F)(F)F. The molecule has 0 saturated carbocycles. The molecule has 12 heteroatoms. The molecule has 0 spiro atoms. The van der Waals surface area contributed by atoms with Crippen LogP contribution in [0.4, 0.5) is 26.3 Å². The van der Waals surface area contributed by atoms with Crippen molar-refractivity contribution >= 4 is 8.80 Å². The van der Waals surface area contributed by atoms with Crippen LogP contribution in [0.25, 0.3) is 0 Å². The van der Waals surface area contributed by atoms with Gasteiger partial charge in [-0.1, -0.05) is 0 Å². The van der Waals surface area contributed by atoms with Crippen LogP contribution in [0.1, 0.15) is 12.8 Å².